The lowest BCUT2D eigenvalue weighted by Gasteiger charge is -2.27. The Morgan fingerprint density at radius 2 is 1.43 bits per heavy atom. The van der Waals surface area contributed by atoms with E-state index >= 15 is 0 Å². The van der Waals surface area contributed by atoms with Crippen LogP contribution in [0.1, 0.15) is 22.3 Å². The number of nitrogens with two attached hydrogens (primary N) is 1. The number of carbonyl (C=O) groups excluding carboxylic acids is 1. The topological polar surface area (TPSA) is 58.7 Å². The smallest absolute Gasteiger partial charge is 0.369 e. The van der Waals surface area contributed by atoms with E-state index < -0.39 is 23.2 Å². The zero-order valence-corrected chi connectivity index (χ0v) is 15.8. The minimum atomic E-state index is -4.47. The van der Waals surface area contributed by atoms with Gasteiger partial charge in [-0.15, -0.1) is 0 Å². The molecule has 0 aromatic heterocycles. The van der Waals surface area contributed by atoms with Crippen LogP contribution in [0.3, 0.4) is 0 Å². The van der Waals surface area contributed by atoms with E-state index in [9.17, 15) is 18.0 Å². The fourth-order valence-electron chi connectivity index (χ4n) is 3.66. The van der Waals surface area contributed by atoms with Crippen LogP contribution in [-0.4, -0.2) is 16.8 Å². The first-order valence-electron chi connectivity index (χ1n) is 9.27. The number of hydrogen-bond acceptors (Lipinski definition) is 3. The molecule has 0 aliphatic carbocycles. The molecule has 1 heterocycles. The van der Waals surface area contributed by atoms with Crippen molar-refractivity contribution in [2.75, 3.05) is 0 Å². The van der Waals surface area contributed by atoms with Crippen molar-refractivity contribution in [3.8, 4) is 0 Å². The van der Waals surface area contributed by atoms with Crippen molar-refractivity contribution in [3.63, 3.8) is 0 Å². The average Bonchev–Trinajstić information content (AvgIpc) is 3.00. The third kappa shape index (κ3) is 3.32. The Hall–Kier alpha value is -3.61. The molecule has 7 heteroatoms. The molecule has 0 saturated carbocycles. The molecule has 4 nitrogen and oxygen atoms in total. The van der Waals surface area contributed by atoms with Gasteiger partial charge in [-0.2, -0.15) is 13.2 Å². The molecular weight excluding hydrogens is 391 g/mol. The van der Waals surface area contributed by atoms with E-state index in [1.807, 2.05) is 12.1 Å². The van der Waals surface area contributed by atoms with Crippen LogP contribution in [0.15, 0.2) is 89.9 Å². The summed E-state index contributed by atoms with van der Waals surface area (Å²) in [6.45, 7) is -0.112. The molecule has 0 bridgehead atoms. The molecule has 0 atom stereocenters. The number of carbonyl (C=O) groups is 1. The Labute approximate surface area is 171 Å². The van der Waals surface area contributed by atoms with Gasteiger partial charge in [0.1, 0.15) is 0 Å². The van der Waals surface area contributed by atoms with Crippen molar-refractivity contribution in [3.05, 3.63) is 107 Å². The van der Waals surface area contributed by atoms with Crippen molar-refractivity contribution in [2.24, 2.45) is 10.7 Å². The molecule has 1 aliphatic rings. The highest BCUT2D eigenvalue weighted by Gasteiger charge is 2.50. The normalized spacial score (nSPS) is 15.9. The highest BCUT2D eigenvalue weighted by molar-refractivity contribution is 6.09. The lowest BCUT2D eigenvalue weighted by Crippen LogP contribution is -2.43. The van der Waals surface area contributed by atoms with Crippen LogP contribution in [0, 0.1) is 0 Å². The molecule has 2 N–H and O–H groups in total. The van der Waals surface area contributed by atoms with Crippen LogP contribution < -0.4 is 5.73 Å². The van der Waals surface area contributed by atoms with Crippen LogP contribution in [-0.2, 0) is 23.1 Å². The molecule has 4 rings (SSSR count). The first kappa shape index (κ1) is 19.7. The van der Waals surface area contributed by atoms with E-state index in [1.165, 1.54) is 17.0 Å². The fourth-order valence-corrected chi connectivity index (χ4v) is 3.66. The van der Waals surface area contributed by atoms with Gasteiger partial charge in [-0.25, -0.2) is 4.99 Å². The summed E-state index contributed by atoms with van der Waals surface area (Å²) >= 11 is 0. The summed E-state index contributed by atoms with van der Waals surface area (Å²) in [7, 11) is 0. The predicted molar refractivity (Wildman–Crippen MR) is 107 cm³/mol. The quantitative estimate of drug-likeness (QED) is 0.698. The zero-order valence-electron chi connectivity index (χ0n) is 15.8. The molecule has 0 radical (unpaired) electrons. The molecule has 0 saturated heterocycles. The zero-order chi connectivity index (χ0) is 21.4. The highest BCUT2D eigenvalue weighted by Crippen LogP contribution is 2.40. The number of guanidine groups is 1. The van der Waals surface area contributed by atoms with Gasteiger partial charge in [-0.1, -0.05) is 72.8 Å². The van der Waals surface area contributed by atoms with Gasteiger partial charge >= 0.3 is 6.18 Å². The van der Waals surface area contributed by atoms with Crippen LogP contribution in [0.5, 0.6) is 0 Å². The van der Waals surface area contributed by atoms with Gasteiger partial charge in [-0.3, -0.25) is 9.69 Å². The third-order valence-electron chi connectivity index (χ3n) is 5.09. The molecule has 1 aliphatic heterocycles. The minimum Gasteiger partial charge on any atom is -0.369 e. The summed E-state index contributed by atoms with van der Waals surface area (Å²) in [4.78, 5) is 19.4. The van der Waals surface area contributed by atoms with Crippen LogP contribution in [0.25, 0.3) is 0 Å². The van der Waals surface area contributed by atoms with Crippen LogP contribution in [0.4, 0.5) is 13.2 Å². The molecule has 3 aromatic rings. The van der Waals surface area contributed by atoms with Gasteiger partial charge in [0.05, 0.1) is 12.1 Å². The number of aliphatic imine (C=N–C) groups is 1. The van der Waals surface area contributed by atoms with Gasteiger partial charge in [0.15, 0.2) is 11.5 Å². The van der Waals surface area contributed by atoms with Gasteiger partial charge in [0.25, 0.3) is 5.91 Å². The molecule has 0 unspecified atom stereocenters. The molecule has 1 amide bonds. The minimum absolute atomic E-state index is 0.0369. The van der Waals surface area contributed by atoms with Crippen molar-refractivity contribution >= 4 is 11.9 Å². The van der Waals surface area contributed by atoms with Crippen molar-refractivity contribution in [1.82, 2.24) is 4.90 Å². The van der Waals surface area contributed by atoms with Gasteiger partial charge in [0.2, 0.25) is 0 Å². The number of hydrogen-bond donors (Lipinski definition) is 1. The highest BCUT2D eigenvalue weighted by atomic mass is 19.4. The fraction of sp³-hybridized carbons (Fsp3) is 0.130. The number of rotatable bonds is 4. The number of benzene rings is 3. The third-order valence-corrected chi connectivity index (χ3v) is 5.09. The second-order valence-electron chi connectivity index (χ2n) is 7.00. The van der Waals surface area contributed by atoms with Crippen LogP contribution >= 0.6 is 0 Å². The van der Waals surface area contributed by atoms with E-state index in [4.69, 9.17) is 5.73 Å². The lowest BCUT2D eigenvalue weighted by atomic mass is 9.83. The van der Waals surface area contributed by atoms with Gasteiger partial charge in [0, 0.05) is 0 Å². The van der Waals surface area contributed by atoms with Crippen LogP contribution in [0.2, 0.25) is 0 Å². The van der Waals surface area contributed by atoms with E-state index in [0.717, 1.165) is 12.1 Å². The number of amides is 1. The van der Waals surface area contributed by atoms with E-state index in [1.54, 1.807) is 48.5 Å². The van der Waals surface area contributed by atoms with E-state index in [-0.39, 0.29) is 12.5 Å². The average molecular weight is 409 g/mol. The Balaban J connectivity index is 1.76. The van der Waals surface area contributed by atoms with Crippen molar-refractivity contribution in [2.45, 2.75) is 18.3 Å². The lowest BCUT2D eigenvalue weighted by molar-refractivity contribution is -0.137. The SMILES string of the molecule is NC1=NC(c2ccccc2)(c2ccccc2)C(=O)N1Cc1cccc(C(F)(F)F)c1. The number of alkyl halides is 3. The largest absolute Gasteiger partial charge is 0.416 e. The van der Waals surface area contributed by atoms with Crippen molar-refractivity contribution < 1.29 is 18.0 Å². The standard InChI is InChI=1S/C23H18F3N3O/c24-23(25,26)19-13-7-8-16(14-19)15-29-20(30)22(28-21(29)27,17-9-3-1-4-10-17)18-11-5-2-6-12-18/h1-14H,15H2,(H2,27,28). The maximum atomic E-state index is 13.6. The first-order chi connectivity index (χ1) is 14.3. The number of halogens is 3. The maximum absolute atomic E-state index is 13.6. The first-order valence-corrected chi connectivity index (χ1v) is 9.27. The second-order valence-corrected chi connectivity index (χ2v) is 7.00. The molecule has 30 heavy (non-hydrogen) atoms. The number of nitrogens with zero attached hydrogens (tertiary/aromatic N) is 2. The molecular formula is C23H18F3N3O. The Morgan fingerprint density at radius 1 is 0.867 bits per heavy atom. The predicted octanol–water partition coefficient (Wildman–Crippen LogP) is 4.31. The Bertz CT molecular complexity index is 1060. The molecule has 0 spiro atoms. The van der Waals surface area contributed by atoms with Gasteiger partial charge < -0.3 is 5.73 Å². The van der Waals surface area contributed by atoms with Gasteiger partial charge in [-0.05, 0) is 28.8 Å². The molecule has 152 valence electrons. The molecule has 3 aromatic carbocycles. The molecule has 0 fully saturated rings. The Morgan fingerprint density at radius 3 is 1.97 bits per heavy atom. The summed E-state index contributed by atoms with van der Waals surface area (Å²) in [6.07, 6.45) is -4.47. The Kier molecular flexibility index (Phi) is 4.81. The monoisotopic (exact) mass is 409 g/mol. The van der Waals surface area contributed by atoms with E-state index in [2.05, 4.69) is 4.99 Å². The summed E-state index contributed by atoms with van der Waals surface area (Å²) in [6, 6.07) is 22.9. The van der Waals surface area contributed by atoms with Crippen molar-refractivity contribution in [1.29, 1.82) is 0 Å². The summed E-state index contributed by atoms with van der Waals surface area (Å²) in [5, 5.41) is 0. The second kappa shape index (κ2) is 7.33. The summed E-state index contributed by atoms with van der Waals surface area (Å²) in [5.41, 5.74) is 5.55. The summed E-state index contributed by atoms with van der Waals surface area (Å²) < 4.78 is 39.2. The maximum Gasteiger partial charge on any atom is 0.416 e. The summed E-state index contributed by atoms with van der Waals surface area (Å²) in [5.74, 6) is -0.445. The van der Waals surface area contributed by atoms with E-state index in [0.29, 0.717) is 16.7 Å².